The lowest BCUT2D eigenvalue weighted by Gasteiger charge is -2.31. The normalized spacial score (nSPS) is 13.1. The highest BCUT2D eigenvalue weighted by Crippen LogP contribution is 2.38. The van der Waals surface area contributed by atoms with Gasteiger partial charge >= 0.3 is 0 Å². The van der Waals surface area contributed by atoms with E-state index in [1.54, 1.807) is 0 Å². The molecule has 1 aromatic carbocycles. The number of aryl methyl sites for hydroxylation is 2. The minimum atomic E-state index is -0.545. The molecule has 0 aliphatic carbocycles. The molecule has 0 aliphatic heterocycles. The molecule has 0 atom stereocenters. The highest BCUT2D eigenvalue weighted by molar-refractivity contribution is 5.56. The maximum absolute atomic E-state index is 11.2. The smallest absolute Gasteiger partial charge is 0.124 e. The van der Waals surface area contributed by atoms with E-state index in [4.69, 9.17) is 6.11 Å². The number of carbonyl (C=O) groups excluding carboxylic acids is 1. The Morgan fingerprint density at radius 2 is 1.79 bits per heavy atom. The first-order valence-corrected chi connectivity index (χ1v) is 6.72. The molecule has 1 aromatic rings. The van der Waals surface area contributed by atoms with Crippen molar-refractivity contribution in [1.82, 2.24) is 0 Å². The van der Waals surface area contributed by atoms with Gasteiger partial charge in [-0.3, -0.25) is 0 Å². The van der Waals surface area contributed by atoms with Crippen molar-refractivity contribution in [3.63, 3.8) is 0 Å². The van der Waals surface area contributed by atoms with E-state index < -0.39 is 11.7 Å². The van der Waals surface area contributed by atoms with Crippen LogP contribution in [0.2, 0.25) is 0 Å². The Labute approximate surface area is 118 Å². The van der Waals surface area contributed by atoms with Crippen LogP contribution in [0.25, 0.3) is 0 Å². The summed E-state index contributed by atoms with van der Waals surface area (Å²) < 4.78 is 13.4. The lowest BCUT2D eigenvalue weighted by atomic mass is 9.78. The van der Waals surface area contributed by atoms with Crippen molar-refractivity contribution in [2.45, 2.75) is 65.9 Å². The summed E-state index contributed by atoms with van der Waals surface area (Å²) in [5.74, 6) is 0.821. The molecule has 19 heavy (non-hydrogen) atoms. The van der Waals surface area contributed by atoms with E-state index in [2.05, 4.69) is 6.07 Å². The molecule has 0 saturated heterocycles. The number of ether oxygens (including phenoxy) is 1. The van der Waals surface area contributed by atoms with Crippen LogP contribution in [-0.4, -0.2) is 11.9 Å². The van der Waals surface area contributed by atoms with Gasteiger partial charge in [0.15, 0.2) is 0 Å². The number of benzene rings is 1. The van der Waals surface area contributed by atoms with E-state index in [9.17, 15) is 4.79 Å². The minimum absolute atomic E-state index is 0.192. The maximum atomic E-state index is 11.2. The Morgan fingerprint density at radius 3 is 2.26 bits per heavy atom. The Balaban J connectivity index is 3.40. The first-order valence-electron chi connectivity index (χ1n) is 7.22. The molecule has 2 heteroatoms. The summed E-state index contributed by atoms with van der Waals surface area (Å²) >= 11 is 0. The van der Waals surface area contributed by atoms with Gasteiger partial charge in [-0.1, -0.05) is 19.9 Å². The predicted molar refractivity (Wildman–Crippen MR) is 80.0 cm³/mol. The van der Waals surface area contributed by atoms with Gasteiger partial charge in [-0.25, -0.2) is 0 Å². The van der Waals surface area contributed by atoms with Crippen LogP contribution in [0.1, 0.15) is 59.1 Å². The minimum Gasteiger partial charge on any atom is -0.488 e. The summed E-state index contributed by atoms with van der Waals surface area (Å²) in [6, 6.07) is 4.12. The number of hydrogen-bond acceptors (Lipinski definition) is 2. The molecule has 0 amide bonds. The van der Waals surface area contributed by atoms with Crippen LogP contribution in [0.5, 0.6) is 5.75 Å². The van der Waals surface area contributed by atoms with Crippen LogP contribution < -0.4 is 4.74 Å². The number of aldehydes is 1. The van der Waals surface area contributed by atoms with Gasteiger partial charge in [0.25, 0.3) is 0 Å². The van der Waals surface area contributed by atoms with Gasteiger partial charge in [0.2, 0.25) is 0 Å². The van der Waals surface area contributed by atoms with Crippen molar-refractivity contribution in [3.05, 3.63) is 28.8 Å². The Morgan fingerprint density at radius 1 is 1.21 bits per heavy atom. The van der Waals surface area contributed by atoms with Crippen molar-refractivity contribution in [2.24, 2.45) is 0 Å². The van der Waals surface area contributed by atoms with Gasteiger partial charge in [-0.15, -0.1) is 0 Å². The molecule has 0 radical (unpaired) electrons. The largest absolute Gasteiger partial charge is 0.488 e. The fourth-order valence-electron chi connectivity index (χ4n) is 2.48. The molecule has 0 aromatic heterocycles. The van der Waals surface area contributed by atoms with E-state index in [1.165, 1.54) is 0 Å². The third-order valence-electron chi connectivity index (χ3n) is 3.05. The average molecular weight is 263 g/mol. The molecule has 106 valence electrons. The molecule has 0 spiro atoms. The van der Waals surface area contributed by atoms with E-state index in [1.807, 2.05) is 54.5 Å². The van der Waals surface area contributed by atoms with Gasteiger partial charge in [0, 0.05) is 17.4 Å². The van der Waals surface area contributed by atoms with Crippen LogP contribution in [0, 0.1) is 13.8 Å². The first kappa shape index (κ1) is 14.1. The van der Waals surface area contributed by atoms with E-state index in [0.717, 1.165) is 22.4 Å². The maximum Gasteiger partial charge on any atom is 0.124 e. The molecule has 0 heterocycles. The van der Waals surface area contributed by atoms with Crippen LogP contribution in [0.3, 0.4) is 0 Å². The van der Waals surface area contributed by atoms with Crippen molar-refractivity contribution >= 4 is 6.26 Å². The van der Waals surface area contributed by atoms with Crippen LogP contribution >= 0.6 is 0 Å². The second-order valence-electron chi connectivity index (χ2n) is 6.87. The second-order valence-corrected chi connectivity index (χ2v) is 6.87. The zero-order valence-electron chi connectivity index (χ0n) is 14.2. The zero-order chi connectivity index (χ0) is 15.7. The third-order valence-corrected chi connectivity index (χ3v) is 3.05. The van der Waals surface area contributed by atoms with Crippen LogP contribution in [-0.2, 0) is 10.2 Å². The lowest BCUT2D eigenvalue weighted by molar-refractivity contribution is -0.108. The zero-order valence-corrected chi connectivity index (χ0v) is 13.2. The number of hydrogen-bond donors (Lipinski definition) is 0. The fraction of sp³-hybridized carbons (Fsp3) is 0.588. The van der Waals surface area contributed by atoms with E-state index in [0.29, 0.717) is 0 Å². The van der Waals surface area contributed by atoms with Gasteiger partial charge in [0.05, 0.1) is 0 Å². The monoisotopic (exact) mass is 263 g/mol. The van der Waals surface area contributed by atoms with Crippen molar-refractivity contribution in [1.29, 1.82) is 0 Å². The molecule has 0 saturated carbocycles. The molecule has 2 nitrogen and oxygen atoms in total. The van der Waals surface area contributed by atoms with Gasteiger partial charge in [-0.2, -0.15) is 0 Å². The summed E-state index contributed by atoms with van der Waals surface area (Å²) in [5.41, 5.74) is 2.57. The summed E-state index contributed by atoms with van der Waals surface area (Å²) in [5, 5.41) is 0. The number of rotatable bonds is 4. The SMILES string of the molecule is [2H]C(=O)CC(C)(C)c1c(C)cc(C)cc1OC(C)(C)C. The molecule has 0 bridgehead atoms. The summed E-state index contributed by atoms with van der Waals surface area (Å²) in [7, 11) is 0. The highest BCUT2D eigenvalue weighted by Gasteiger charge is 2.28. The molecule has 0 unspecified atom stereocenters. The fourth-order valence-corrected chi connectivity index (χ4v) is 2.48. The standard InChI is InChI=1S/C17H26O2/c1-12-10-13(2)15(17(6,7)8-9-18)14(11-12)19-16(3,4)5/h9-11H,8H2,1-7H3/i9D. The predicted octanol–water partition coefficient (Wildman–Crippen LogP) is 4.35. The second kappa shape index (κ2) is 5.36. The van der Waals surface area contributed by atoms with Crippen LogP contribution in [0.4, 0.5) is 0 Å². The van der Waals surface area contributed by atoms with E-state index in [-0.39, 0.29) is 12.0 Å². The molecule has 0 aliphatic rings. The molecule has 1 rings (SSSR count). The summed E-state index contributed by atoms with van der Waals surface area (Å²) in [6.07, 6.45) is -0.353. The molecular weight excluding hydrogens is 236 g/mol. The lowest BCUT2D eigenvalue weighted by Crippen LogP contribution is -2.27. The van der Waals surface area contributed by atoms with Crippen molar-refractivity contribution in [3.8, 4) is 5.75 Å². The molecule has 0 N–H and O–H groups in total. The average Bonchev–Trinajstić information content (AvgIpc) is 2.08. The van der Waals surface area contributed by atoms with Crippen molar-refractivity contribution in [2.75, 3.05) is 0 Å². The molecular formula is C17H26O2. The third kappa shape index (κ3) is 4.09. The Kier molecular flexibility index (Phi) is 3.98. The van der Waals surface area contributed by atoms with Gasteiger partial charge in [0.1, 0.15) is 19.0 Å². The van der Waals surface area contributed by atoms with Crippen molar-refractivity contribution < 1.29 is 10.9 Å². The Hall–Kier alpha value is -1.31. The first-order chi connectivity index (χ1) is 8.92. The van der Waals surface area contributed by atoms with Gasteiger partial charge < -0.3 is 9.53 Å². The number of carbonyl (C=O) groups is 1. The molecule has 0 fully saturated rings. The quantitative estimate of drug-likeness (QED) is 0.755. The van der Waals surface area contributed by atoms with Gasteiger partial charge in [-0.05, 0) is 51.8 Å². The topological polar surface area (TPSA) is 26.3 Å². The van der Waals surface area contributed by atoms with E-state index >= 15 is 0 Å². The van der Waals surface area contributed by atoms with Crippen LogP contribution in [0.15, 0.2) is 12.1 Å². The summed E-state index contributed by atoms with van der Waals surface area (Å²) in [4.78, 5) is 11.2. The summed E-state index contributed by atoms with van der Waals surface area (Å²) in [6.45, 7) is 14.1. The Bertz CT molecular complexity index is 510. The highest BCUT2D eigenvalue weighted by atomic mass is 16.5.